The average molecular weight is 111 g/mol. The van der Waals surface area contributed by atoms with E-state index >= 15 is 0 Å². The summed E-state index contributed by atoms with van der Waals surface area (Å²) in [5.74, 6) is 0.00810. The molecule has 1 radical (unpaired) electrons. The molecule has 1 heterocycles. The van der Waals surface area contributed by atoms with Crippen molar-refractivity contribution in [2.45, 2.75) is 0 Å². The van der Waals surface area contributed by atoms with E-state index in [1.165, 1.54) is 0 Å². The Labute approximate surface area is 44.6 Å². The number of hydrogen-bond donors (Lipinski definition) is 2. The van der Waals surface area contributed by atoms with Crippen LogP contribution in [0.1, 0.15) is 0 Å². The fourth-order valence-corrected chi connectivity index (χ4v) is 0.292. The van der Waals surface area contributed by atoms with Crippen LogP contribution < -0.4 is 11.4 Å². The van der Waals surface area contributed by atoms with Crippen LogP contribution in [0.15, 0.2) is 4.79 Å². The molecule has 0 fully saturated rings. The molecule has 0 saturated carbocycles. The van der Waals surface area contributed by atoms with Crippen LogP contribution in [-0.4, -0.2) is 15.2 Å². The lowest BCUT2D eigenvalue weighted by Crippen LogP contribution is -2.13. The summed E-state index contributed by atoms with van der Waals surface area (Å²) in [6.07, 6.45) is 2.23. The van der Waals surface area contributed by atoms with Crippen LogP contribution in [0.2, 0.25) is 0 Å². The van der Waals surface area contributed by atoms with Crippen LogP contribution in [0.3, 0.4) is 0 Å². The van der Waals surface area contributed by atoms with Gasteiger partial charge in [-0.05, 0) is 0 Å². The quantitative estimate of drug-likeness (QED) is 0.428. The third kappa shape index (κ3) is 0.810. The second-order valence-electron chi connectivity index (χ2n) is 1.14. The summed E-state index contributed by atoms with van der Waals surface area (Å²) in [5.41, 5.74) is 4.46. The second kappa shape index (κ2) is 1.61. The van der Waals surface area contributed by atoms with E-state index in [-0.39, 0.29) is 5.82 Å². The van der Waals surface area contributed by atoms with Gasteiger partial charge in [0.1, 0.15) is 0 Å². The summed E-state index contributed by atoms with van der Waals surface area (Å²) in [7, 11) is 0. The van der Waals surface area contributed by atoms with E-state index in [1.807, 2.05) is 5.10 Å². The first kappa shape index (κ1) is 4.76. The van der Waals surface area contributed by atoms with Gasteiger partial charge in [0.15, 0.2) is 12.0 Å². The molecule has 0 atom stereocenters. The highest BCUT2D eigenvalue weighted by molar-refractivity contribution is 5.17. The van der Waals surface area contributed by atoms with E-state index in [1.54, 1.807) is 0 Å². The molecule has 0 aromatic carbocycles. The minimum atomic E-state index is -0.554. The Hall–Kier alpha value is -1.39. The third-order valence-electron chi connectivity index (χ3n) is 0.544. The van der Waals surface area contributed by atoms with Crippen molar-refractivity contribution in [3.05, 3.63) is 16.7 Å². The number of aromatic nitrogens is 3. The van der Waals surface area contributed by atoms with Crippen molar-refractivity contribution in [1.82, 2.24) is 15.2 Å². The maximum absolute atomic E-state index is 10.2. The maximum Gasteiger partial charge on any atom is 0.363 e. The lowest BCUT2D eigenvalue weighted by atomic mass is 10.8. The van der Waals surface area contributed by atoms with Gasteiger partial charge < -0.3 is 5.73 Å². The zero-order valence-corrected chi connectivity index (χ0v) is 3.88. The molecule has 0 aliphatic heterocycles. The molecule has 0 aliphatic rings. The van der Waals surface area contributed by atoms with Crippen LogP contribution in [-0.2, 0) is 0 Å². The van der Waals surface area contributed by atoms with Gasteiger partial charge >= 0.3 is 5.69 Å². The van der Waals surface area contributed by atoms with Crippen molar-refractivity contribution >= 4 is 5.82 Å². The molecule has 1 rings (SSSR count). The molecule has 1 aromatic heterocycles. The van der Waals surface area contributed by atoms with E-state index in [2.05, 4.69) is 16.3 Å². The molecule has 5 nitrogen and oxygen atoms in total. The minimum Gasteiger partial charge on any atom is -0.382 e. The van der Waals surface area contributed by atoms with Gasteiger partial charge in [0, 0.05) is 0 Å². The molecule has 41 valence electrons. The summed E-state index contributed by atoms with van der Waals surface area (Å²) < 4.78 is 0. The molecule has 3 N–H and O–H groups in total. The number of nitrogen functional groups attached to an aromatic ring is 1. The van der Waals surface area contributed by atoms with Gasteiger partial charge in [-0.1, -0.05) is 0 Å². The summed E-state index contributed by atoms with van der Waals surface area (Å²) in [4.78, 5) is 13.4. The fraction of sp³-hybridized carbons (Fsp3) is 0. The lowest BCUT2D eigenvalue weighted by molar-refractivity contribution is 0.915. The van der Waals surface area contributed by atoms with Crippen LogP contribution in [0.5, 0.6) is 0 Å². The van der Waals surface area contributed by atoms with Crippen LogP contribution >= 0.6 is 0 Å². The van der Waals surface area contributed by atoms with Crippen molar-refractivity contribution in [3.8, 4) is 0 Å². The molecular formula is C3H3N4O. The predicted molar refractivity (Wildman–Crippen MR) is 25.9 cm³/mol. The van der Waals surface area contributed by atoms with E-state index < -0.39 is 5.69 Å². The van der Waals surface area contributed by atoms with Gasteiger partial charge in [-0.25, -0.2) is 9.89 Å². The predicted octanol–water partition coefficient (Wildman–Crippen LogP) is -1.45. The molecule has 8 heavy (non-hydrogen) atoms. The average Bonchev–Trinajstić information content (AvgIpc) is 1.64. The van der Waals surface area contributed by atoms with E-state index in [0.29, 0.717) is 0 Å². The number of nitrogens with one attached hydrogen (secondary N) is 1. The summed E-state index contributed by atoms with van der Waals surface area (Å²) in [6, 6.07) is 0. The number of H-pyrrole nitrogens is 1. The summed E-state index contributed by atoms with van der Waals surface area (Å²) in [6.45, 7) is 0. The third-order valence-corrected chi connectivity index (χ3v) is 0.544. The van der Waals surface area contributed by atoms with E-state index in [9.17, 15) is 4.79 Å². The van der Waals surface area contributed by atoms with Crippen LogP contribution in [0.25, 0.3) is 0 Å². The Balaban J connectivity index is 3.28. The topological polar surface area (TPSA) is 84.7 Å². The number of anilines is 1. The zero-order valence-electron chi connectivity index (χ0n) is 3.88. The highest BCUT2D eigenvalue weighted by Crippen LogP contribution is 1.76. The lowest BCUT2D eigenvalue weighted by Gasteiger charge is -1.81. The van der Waals surface area contributed by atoms with Crippen molar-refractivity contribution in [1.29, 1.82) is 0 Å². The Kier molecular flexibility index (Phi) is 0.957. The van der Waals surface area contributed by atoms with Crippen molar-refractivity contribution in [2.24, 2.45) is 0 Å². The Morgan fingerprint density at radius 1 is 1.75 bits per heavy atom. The van der Waals surface area contributed by atoms with Gasteiger partial charge in [-0.2, -0.15) is 10.1 Å². The first-order valence-electron chi connectivity index (χ1n) is 1.89. The minimum absolute atomic E-state index is 0.00810. The smallest absolute Gasteiger partial charge is 0.363 e. The first-order valence-corrected chi connectivity index (χ1v) is 1.89. The van der Waals surface area contributed by atoms with Crippen molar-refractivity contribution in [3.63, 3.8) is 0 Å². The van der Waals surface area contributed by atoms with Crippen molar-refractivity contribution in [2.75, 3.05) is 5.73 Å². The Morgan fingerprint density at radius 3 is 2.88 bits per heavy atom. The van der Waals surface area contributed by atoms with Crippen LogP contribution in [0, 0.1) is 6.20 Å². The zero-order chi connectivity index (χ0) is 5.98. The molecule has 1 aromatic rings. The number of aromatic amines is 1. The van der Waals surface area contributed by atoms with Crippen LogP contribution in [0.4, 0.5) is 5.82 Å². The molecule has 0 unspecified atom stereocenters. The fourth-order valence-electron chi connectivity index (χ4n) is 0.292. The van der Waals surface area contributed by atoms with Crippen molar-refractivity contribution < 1.29 is 0 Å². The maximum atomic E-state index is 10.2. The molecule has 0 saturated heterocycles. The molecule has 5 heteroatoms. The van der Waals surface area contributed by atoms with Gasteiger partial charge in [-0.15, -0.1) is 0 Å². The molecule has 0 bridgehead atoms. The summed E-state index contributed by atoms with van der Waals surface area (Å²) >= 11 is 0. The number of rotatable bonds is 0. The Morgan fingerprint density at radius 2 is 2.50 bits per heavy atom. The van der Waals surface area contributed by atoms with Gasteiger partial charge in [0.05, 0.1) is 0 Å². The number of nitrogens with zero attached hydrogens (tertiary/aromatic N) is 2. The molecular weight excluding hydrogens is 108 g/mol. The molecule has 0 aliphatic carbocycles. The van der Waals surface area contributed by atoms with Gasteiger partial charge in [0.25, 0.3) is 0 Å². The van der Waals surface area contributed by atoms with Gasteiger partial charge in [0.2, 0.25) is 0 Å². The van der Waals surface area contributed by atoms with E-state index in [0.717, 1.165) is 0 Å². The Bertz CT molecular complexity index is 229. The monoisotopic (exact) mass is 111 g/mol. The largest absolute Gasteiger partial charge is 0.382 e. The van der Waals surface area contributed by atoms with E-state index in [4.69, 9.17) is 5.73 Å². The first-order chi connectivity index (χ1) is 3.79. The summed E-state index contributed by atoms with van der Waals surface area (Å²) in [5, 5.41) is 5.25. The highest BCUT2D eigenvalue weighted by atomic mass is 16.1. The number of nitrogens with two attached hydrogens (primary N) is 1. The number of hydrogen-bond acceptors (Lipinski definition) is 4. The second-order valence-corrected chi connectivity index (χ2v) is 1.14. The standard InChI is InChI=1S/C3H3N4O/c4-2-1-5-7-3(8)6-2/h(H3,4,6,7,8). The molecule has 0 spiro atoms. The SMILES string of the molecule is Nc1[c]n[nH]c(=O)n1. The highest BCUT2D eigenvalue weighted by Gasteiger charge is 1.84. The molecule has 0 amide bonds. The van der Waals surface area contributed by atoms with Gasteiger partial charge in [-0.3, -0.25) is 0 Å². The normalized spacial score (nSPS) is 9.00.